The maximum absolute atomic E-state index is 12.9. The largest absolute Gasteiger partial charge is 0.493 e. The van der Waals surface area contributed by atoms with Crippen molar-refractivity contribution in [3.05, 3.63) is 65.2 Å². The van der Waals surface area contributed by atoms with Gasteiger partial charge in [-0.25, -0.2) is 4.79 Å². The second-order valence-electron chi connectivity index (χ2n) is 5.04. The van der Waals surface area contributed by atoms with Gasteiger partial charge in [0.1, 0.15) is 0 Å². The molecule has 0 saturated carbocycles. The minimum absolute atomic E-state index is 0.125. The molecule has 1 N–H and O–H groups in total. The Bertz CT molecular complexity index is 810. The van der Waals surface area contributed by atoms with Crippen LogP contribution in [-0.4, -0.2) is 25.3 Å². The van der Waals surface area contributed by atoms with Gasteiger partial charge in [0.05, 0.1) is 19.8 Å². The summed E-state index contributed by atoms with van der Waals surface area (Å²) in [4.78, 5) is 11.2. The molecule has 0 heterocycles. The van der Waals surface area contributed by atoms with Gasteiger partial charge in [0.15, 0.2) is 11.5 Å². The van der Waals surface area contributed by atoms with E-state index in [1.54, 1.807) is 12.1 Å². The van der Waals surface area contributed by atoms with Crippen molar-refractivity contribution in [3.63, 3.8) is 0 Å². The van der Waals surface area contributed by atoms with Gasteiger partial charge in [-0.3, -0.25) is 0 Å². The molecule has 0 spiro atoms. The topological polar surface area (TPSA) is 55.8 Å². The summed E-state index contributed by atoms with van der Waals surface area (Å²) in [6, 6.07) is 9.10. The van der Waals surface area contributed by atoms with Crippen LogP contribution in [0.4, 0.5) is 13.2 Å². The van der Waals surface area contributed by atoms with Gasteiger partial charge in [-0.1, -0.05) is 18.2 Å². The highest BCUT2D eigenvalue weighted by Gasteiger charge is 2.30. The van der Waals surface area contributed by atoms with Crippen molar-refractivity contribution in [2.75, 3.05) is 14.2 Å². The van der Waals surface area contributed by atoms with Crippen LogP contribution in [0.15, 0.2) is 48.5 Å². The first kappa shape index (κ1) is 18.4. The van der Waals surface area contributed by atoms with Crippen LogP contribution in [0.25, 0.3) is 5.57 Å². The van der Waals surface area contributed by atoms with E-state index < -0.39 is 17.7 Å². The zero-order valence-electron chi connectivity index (χ0n) is 13.4. The summed E-state index contributed by atoms with van der Waals surface area (Å²) in [5, 5.41) is 9.11. The lowest BCUT2D eigenvalue weighted by molar-refractivity contribution is -0.137. The fraction of sp³-hybridized carbons (Fsp3) is 0.167. The molecule has 0 amide bonds. The molecule has 0 aliphatic rings. The molecule has 2 aromatic carbocycles. The van der Waals surface area contributed by atoms with Gasteiger partial charge in [-0.05, 0) is 41.0 Å². The third-order valence-electron chi connectivity index (χ3n) is 3.46. The van der Waals surface area contributed by atoms with E-state index in [1.807, 2.05) is 0 Å². The van der Waals surface area contributed by atoms with E-state index in [1.165, 1.54) is 32.4 Å². The maximum atomic E-state index is 12.9. The fourth-order valence-corrected chi connectivity index (χ4v) is 2.32. The van der Waals surface area contributed by atoms with E-state index >= 15 is 0 Å². The molecule has 0 aromatic heterocycles. The van der Waals surface area contributed by atoms with Gasteiger partial charge < -0.3 is 14.6 Å². The van der Waals surface area contributed by atoms with Crippen LogP contribution in [0.1, 0.15) is 16.7 Å². The Morgan fingerprint density at radius 2 is 1.64 bits per heavy atom. The Labute approximate surface area is 142 Å². The van der Waals surface area contributed by atoms with E-state index in [-0.39, 0.29) is 11.1 Å². The van der Waals surface area contributed by atoms with Crippen molar-refractivity contribution < 1.29 is 32.5 Å². The van der Waals surface area contributed by atoms with Crippen LogP contribution in [0, 0.1) is 0 Å². The highest BCUT2D eigenvalue weighted by molar-refractivity contribution is 5.95. The number of hydrogen-bond donors (Lipinski definition) is 1. The number of carboxylic acid groups (broad SMARTS) is 1. The van der Waals surface area contributed by atoms with Gasteiger partial charge in [0.2, 0.25) is 0 Å². The van der Waals surface area contributed by atoms with Crippen molar-refractivity contribution in [1.29, 1.82) is 0 Å². The minimum Gasteiger partial charge on any atom is -0.493 e. The molecule has 0 atom stereocenters. The number of aliphatic carboxylic acids is 1. The quantitative estimate of drug-likeness (QED) is 0.818. The summed E-state index contributed by atoms with van der Waals surface area (Å²) in [6.45, 7) is 0. The lowest BCUT2D eigenvalue weighted by Gasteiger charge is -2.14. The Balaban J connectivity index is 2.61. The molecule has 0 fully saturated rings. The molecule has 25 heavy (non-hydrogen) atoms. The van der Waals surface area contributed by atoms with E-state index in [4.69, 9.17) is 14.6 Å². The highest BCUT2D eigenvalue weighted by atomic mass is 19.4. The zero-order valence-corrected chi connectivity index (χ0v) is 13.4. The molecule has 0 saturated heterocycles. The summed E-state index contributed by atoms with van der Waals surface area (Å²) >= 11 is 0. The van der Waals surface area contributed by atoms with Crippen LogP contribution in [-0.2, 0) is 11.0 Å². The minimum atomic E-state index is -4.53. The number of halogens is 3. The van der Waals surface area contributed by atoms with Crippen molar-refractivity contribution >= 4 is 11.5 Å². The second-order valence-corrected chi connectivity index (χ2v) is 5.04. The van der Waals surface area contributed by atoms with E-state index in [2.05, 4.69) is 0 Å². The van der Waals surface area contributed by atoms with Crippen molar-refractivity contribution in [2.24, 2.45) is 0 Å². The van der Waals surface area contributed by atoms with Crippen LogP contribution < -0.4 is 9.47 Å². The monoisotopic (exact) mass is 352 g/mol. The standard InChI is InChI=1S/C18H15F3O4/c1-24-15-7-6-12(9-16(15)25-2)14(10-17(22)23)11-4-3-5-13(8-11)18(19,20)21/h3-10H,1-2H3,(H,22,23)/b14-10+. The summed E-state index contributed by atoms with van der Waals surface area (Å²) in [5.74, 6) is -0.518. The number of carbonyl (C=O) groups is 1. The predicted molar refractivity (Wildman–Crippen MR) is 85.7 cm³/mol. The molecular formula is C18H15F3O4. The number of benzene rings is 2. The molecule has 0 aliphatic heterocycles. The first-order valence-corrected chi connectivity index (χ1v) is 7.11. The third-order valence-corrected chi connectivity index (χ3v) is 3.46. The van der Waals surface area contributed by atoms with Crippen LogP contribution >= 0.6 is 0 Å². The lowest BCUT2D eigenvalue weighted by Crippen LogP contribution is -2.05. The summed E-state index contributed by atoms with van der Waals surface area (Å²) in [6.07, 6.45) is -3.67. The van der Waals surface area contributed by atoms with Gasteiger partial charge in [-0.15, -0.1) is 0 Å². The molecule has 2 rings (SSSR count). The number of rotatable bonds is 5. The van der Waals surface area contributed by atoms with E-state index in [0.717, 1.165) is 18.2 Å². The first-order chi connectivity index (χ1) is 11.8. The third kappa shape index (κ3) is 4.32. The Morgan fingerprint density at radius 1 is 1.00 bits per heavy atom. The summed E-state index contributed by atoms with van der Waals surface area (Å²) < 4.78 is 49.1. The Morgan fingerprint density at radius 3 is 2.20 bits per heavy atom. The van der Waals surface area contributed by atoms with Gasteiger partial charge >= 0.3 is 12.1 Å². The smallest absolute Gasteiger partial charge is 0.416 e. The van der Waals surface area contributed by atoms with E-state index in [9.17, 15) is 18.0 Å². The molecule has 2 aromatic rings. The van der Waals surface area contributed by atoms with Gasteiger partial charge in [0.25, 0.3) is 0 Å². The van der Waals surface area contributed by atoms with Crippen LogP contribution in [0.3, 0.4) is 0 Å². The van der Waals surface area contributed by atoms with Crippen molar-refractivity contribution in [1.82, 2.24) is 0 Å². The second kappa shape index (κ2) is 7.29. The predicted octanol–water partition coefficient (Wildman–Crippen LogP) is 4.24. The molecule has 7 heteroatoms. The van der Waals surface area contributed by atoms with Crippen LogP contribution in [0.5, 0.6) is 11.5 Å². The first-order valence-electron chi connectivity index (χ1n) is 7.11. The molecule has 0 radical (unpaired) electrons. The Hall–Kier alpha value is -2.96. The van der Waals surface area contributed by atoms with Gasteiger partial charge in [0, 0.05) is 6.08 Å². The molecular weight excluding hydrogens is 337 g/mol. The SMILES string of the molecule is COc1ccc(/C(=C/C(=O)O)c2cccc(C(F)(F)F)c2)cc1OC. The molecule has 132 valence electrons. The number of hydrogen-bond acceptors (Lipinski definition) is 3. The molecule has 0 aliphatic carbocycles. The maximum Gasteiger partial charge on any atom is 0.416 e. The van der Waals surface area contributed by atoms with Gasteiger partial charge in [-0.2, -0.15) is 13.2 Å². The van der Waals surface area contributed by atoms with Crippen LogP contribution in [0.2, 0.25) is 0 Å². The Kier molecular flexibility index (Phi) is 5.36. The summed E-state index contributed by atoms with van der Waals surface area (Å²) in [7, 11) is 2.85. The average molecular weight is 352 g/mol. The van der Waals surface area contributed by atoms with E-state index in [0.29, 0.717) is 17.1 Å². The highest BCUT2D eigenvalue weighted by Crippen LogP contribution is 2.35. The number of methoxy groups -OCH3 is 2. The fourth-order valence-electron chi connectivity index (χ4n) is 2.32. The number of alkyl halides is 3. The number of ether oxygens (including phenoxy) is 2. The number of carboxylic acids is 1. The summed E-state index contributed by atoms with van der Waals surface area (Å²) in [5.41, 5.74) is -0.217. The molecule has 0 bridgehead atoms. The van der Waals surface area contributed by atoms with Crippen molar-refractivity contribution in [2.45, 2.75) is 6.18 Å². The zero-order chi connectivity index (χ0) is 18.6. The molecule has 4 nitrogen and oxygen atoms in total. The lowest BCUT2D eigenvalue weighted by atomic mass is 9.95. The average Bonchev–Trinajstić information content (AvgIpc) is 2.58. The van der Waals surface area contributed by atoms with Crippen molar-refractivity contribution in [3.8, 4) is 11.5 Å². The normalized spacial score (nSPS) is 12.0. The molecule has 0 unspecified atom stereocenters.